The van der Waals surface area contributed by atoms with Gasteiger partial charge in [0.15, 0.2) is 0 Å². The molecule has 0 bridgehead atoms. The summed E-state index contributed by atoms with van der Waals surface area (Å²) in [5.74, 6) is -4.28. The van der Waals surface area contributed by atoms with Gasteiger partial charge >= 0.3 is 18.3 Å². The SMILES string of the molecule is NC(=O)c1cccc(OC(=O)C(F)(F)F)c1-c1ccc(C(F)(F)F)cc1. The summed E-state index contributed by atoms with van der Waals surface area (Å²) in [4.78, 5) is 22.6. The number of primary amides is 1. The zero-order valence-electron chi connectivity index (χ0n) is 12.6. The molecule has 0 aliphatic carbocycles. The van der Waals surface area contributed by atoms with E-state index in [0.29, 0.717) is 12.1 Å². The molecule has 26 heavy (non-hydrogen) atoms. The molecule has 0 unspecified atom stereocenters. The van der Waals surface area contributed by atoms with E-state index in [-0.39, 0.29) is 16.7 Å². The molecule has 0 spiro atoms. The summed E-state index contributed by atoms with van der Waals surface area (Å²) >= 11 is 0. The van der Waals surface area contributed by atoms with Gasteiger partial charge in [0.25, 0.3) is 0 Å². The number of nitrogens with two attached hydrogens (primary N) is 1. The van der Waals surface area contributed by atoms with E-state index in [0.717, 1.165) is 30.3 Å². The summed E-state index contributed by atoms with van der Waals surface area (Å²) in [5.41, 5.74) is 3.41. The number of amides is 1. The first-order valence-electron chi connectivity index (χ1n) is 6.80. The lowest BCUT2D eigenvalue weighted by Gasteiger charge is -2.15. The van der Waals surface area contributed by atoms with Gasteiger partial charge in [0.1, 0.15) is 5.75 Å². The minimum atomic E-state index is -5.31. The molecule has 0 aromatic heterocycles. The molecule has 2 aromatic rings. The average Bonchev–Trinajstić information content (AvgIpc) is 2.53. The highest BCUT2D eigenvalue weighted by atomic mass is 19.4. The molecule has 2 rings (SSSR count). The lowest BCUT2D eigenvalue weighted by Crippen LogP contribution is -2.28. The Morgan fingerprint density at radius 2 is 1.46 bits per heavy atom. The van der Waals surface area contributed by atoms with E-state index in [9.17, 15) is 35.9 Å². The minimum absolute atomic E-state index is 0.0858. The second-order valence-electron chi connectivity index (χ2n) is 5.01. The molecule has 0 aliphatic rings. The highest BCUT2D eigenvalue weighted by Gasteiger charge is 2.42. The van der Waals surface area contributed by atoms with Gasteiger partial charge in [-0.05, 0) is 29.8 Å². The smallest absolute Gasteiger partial charge is 0.419 e. The number of hydrogen-bond donors (Lipinski definition) is 1. The van der Waals surface area contributed by atoms with Gasteiger partial charge in [-0.3, -0.25) is 4.79 Å². The number of esters is 1. The van der Waals surface area contributed by atoms with E-state index in [1.807, 2.05) is 0 Å². The molecule has 0 atom stereocenters. The number of carbonyl (C=O) groups is 2. The normalized spacial score (nSPS) is 11.9. The first kappa shape index (κ1) is 19.3. The van der Waals surface area contributed by atoms with Crippen LogP contribution < -0.4 is 10.5 Å². The third-order valence-corrected chi connectivity index (χ3v) is 3.23. The molecule has 0 radical (unpaired) electrons. The second kappa shape index (κ2) is 6.70. The Balaban J connectivity index is 2.58. The van der Waals surface area contributed by atoms with Crippen molar-refractivity contribution in [2.24, 2.45) is 5.73 Å². The summed E-state index contributed by atoms with van der Waals surface area (Å²) in [6.45, 7) is 0. The quantitative estimate of drug-likeness (QED) is 0.501. The fraction of sp³-hybridized carbons (Fsp3) is 0.125. The van der Waals surface area contributed by atoms with Gasteiger partial charge in [-0.25, -0.2) is 4.79 Å². The molecule has 0 heterocycles. The van der Waals surface area contributed by atoms with Crippen LogP contribution in [0.1, 0.15) is 15.9 Å². The maximum absolute atomic E-state index is 12.6. The summed E-state index contributed by atoms with van der Waals surface area (Å²) in [6.07, 6.45) is -9.94. The standard InChI is InChI=1S/C16H9F6NO3/c17-15(18,19)9-6-4-8(5-7-9)12-10(13(23)24)2-1-3-11(12)26-14(25)16(20,21)22/h1-7H,(H2,23,24). The highest BCUT2D eigenvalue weighted by molar-refractivity contribution is 6.02. The van der Waals surface area contributed by atoms with Crippen LogP contribution in [0.2, 0.25) is 0 Å². The van der Waals surface area contributed by atoms with Crippen molar-refractivity contribution < 1.29 is 40.7 Å². The van der Waals surface area contributed by atoms with Crippen molar-refractivity contribution in [1.29, 1.82) is 0 Å². The Hall–Kier alpha value is -3.04. The molecule has 4 nitrogen and oxygen atoms in total. The van der Waals surface area contributed by atoms with Gasteiger partial charge < -0.3 is 10.5 Å². The maximum atomic E-state index is 12.6. The van der Waals surface area contributed by atoms with Crippen LogP contribution in [0.5, 0.6) is 5.75 Å². The van der Waals surface area contributed by atoms with Gasteiger partial charge in [-0.1, -0.05) is 18.2 Å². The topological polar surface area (TPSA) is 69.4 Å². The van der Waals surface area contributed by atoms with Gasteiger partial charge in [0, 0.05) is 5.56 Å². The Morgan fingerprint density at radius 3 is 1.92 bits per heavy atom. The Labute approximate surface area is 142 Å². The van der Waals surface area contributed by atoms with Crippen LogP contribution in [0.25, 0.3) is 11.1 Å². The van der Waals surface area contributed by atoms with Crippen LogP contribution in [-0.4, -0.2) is 18.1 Å². The summed E-state index contributed by atoms with van der Waals surface area (Å²) in [6, 6.07) is 6.41. The molecule has 0 saturated heterocycles. The third-order valence-electron chi connectivity index (χ3n) is 3.23. The average molecular weight is 377 g/mol. The predicted molar refractivity (Wildman–Crippen MR) is 77.1 cm³/mol. The Kier molecular flexibility index (Phi) is 4.97. The second-order valence-corrected chi connectivity index (χ2v) is 5.01. The van der Waals surface area contributed by atoms with Crippen molar-refractivity contribution in [2.45, 2.75) is 12.4 Å². The summed E-state index contributed by atoms with van der Waals surface area (Å²) < 4.78 is 79.5. The van der Waals surface area contributed by atoms with Gasteiger partial charge in [0.05, 0.1) is 11.1 Å². The van der Waals surface area contributed by atoms with Crippen LogP contribution in [0.3, 0.4) is 0 Å². The molecule has 0 saturated carbocycles. The predicted octanol–water partition coefficient (Wildman–Crippen LogP) is 3.94. The highest BCUT2D eigenvalue weighted by Crippen LogP contribution is 2.37. The molecule has 10 heteroatoms. The lowest BCUT2D eigenvalue weighted by molar-refractivity contribution is -0.189. The van der Waals surface area contributed by atoms with Crippen molar-refractivity contribution in [1.82, 2.24) is 0 Å². The third kappa shape index (κ3) is 4.13. The molecular formula is C16H9F6NO3. The maximum Gasteiger partial charge on any atom is 0.491 e. The van der Waals surface area contributed by atoms with Crippen molar-refractivity contribution in [3.63, 3.8) is 0 Å². The number of halogens is 6. The molecule has 2 aromatic carbocycles. The number of carbonyl (C=O) groups excluding carboxylic acids is 2. The molecule has 0 aliphatic heterocycles. The van der Waals surface area contributed by atoms with E-state index in [1.165, 1.54) is 0 Å². The van der Waals surface area contributed by atoms with Crippen LogP contribution in [-0.2, 0) is 11.0 Å². The van der Waals surface area contributed by atoms with E-state index in [4.69, 9.17) is 5.73 Å². The van der Waals surface area contributed by atoms with Crippen molar-refractivity contribution >= 4 is 11.9 Å². The van der Waals surface area contributed by atoms with Crippen LogP contribution in [0.15, 0.2) is 42.5 Å². The Morgan fingerprint density at radius 1 is 0.885 bits per heavy atom. The first-order chi connectivity index (χ1) is 11.9. The van der Waals surface area contributed by atoms with E-state index in [2.05, 4.69) is 4.74 Å². The van der Waals surface area contributed by atoms with Crippen molar-refractivity contribution in [3.8, 4) is 16.9 Å². The molecular weight excluding hydrogens is 368 g/mol. The van der Waals surface area contributed by atoms with Crippen LogP contribution >= 0.6 is 0 Å². The van der Waals surface area contributed by atoms with Gasteiger partial charge in [0.2, 0.25) is 5.91 Å². The number of alkyl halides is 6. The molecule has 1 amide bonds. The number of benzene rings is 2. The van der Waals surface area contributed by atoms with E-state index in [1.54, 1.807) is 0 Å². The summed E-state index contributed by atoms with van der Waals surface area (Å²) in [7, 11) is 0. The molecule has 0 fully saturated rings. The molecule has 138 valence electrons. The van der Waals surface area contributed by atoms with E-state index >= 15 is 0 Å². The number of hydrogen-bond acceptors (Lipinski definition) is 3. The first-order valence-corrected chi connectivity index (χ1v) is 6.80. The number of rotatable bonds is 3. The van der Waals surface area contributed by atoms with Gasteiger partial charge in [-0.2, -0.15) is 26.3 Å². The van der Waals surface area contributed by atoms with E-state index < -0.39 is 35.5 Å². The number of ether oxygens (including phenoxy) is 1. The zero-order valence-corrected chi connectivity index (χ0v) is 12.6. The summed E-state index contributed by atoms with van der Waals surface area (Å²) in [5, 5.41) is 0. The molecule has 2 N–H and O–H groups in total. The van der Waals surface area contributed by atoms with Crippen molar-refractivity contribution in [3.05, 3.63) is 53.6 Å². The minimum Gasteiger partial charge on any atom is -0.419 e. The zero-order chi connectivity index (χ0) is 19.7. The lowest BCUT2D eigenvalue weighted by atomic mass is 9.97. The largest absolute Gasteiger partial charge is 0.491 e. The fourth-order valence-electron chi connectivity index (χ4n) is 2.10. The Bertz CT molecular complexity index is 841. The van der Waals surface area contributed by atoms with Crippen LogP contribution in [0.4, 0.5) is 26.3 Å². The van der Waals surface area contributed by atoms with Crippen molar-refractivity contribution in [2.75, 3.05) is 0 Å². The fourth-order valence-corrected chi connectivity index (χ4v) is 2.10. The van der Waals surface area contributed by atoms with Gasteiger partial charge in [-0.15, -0.1) is 0 Å². The monoisotopic (exact) mass is 377 g/mol. The van der Waals surface area contributed by atoms with Crippen LogP contribution in [0, 0.1) is 0 Å².